The smallest absolute Gasteiger partial charge is 0.258 e. The summed E-state index contributed by atoms with van der Waals surface area (Å²) in [5, 5.41) is 0. The van der Waals surface area contributed by atoms with Crippen LogP contribution in [0.15, 0.2) is 30.3 Å². The van der Waals surface area contributed by atoms with Crippen LogP contribution in [0.25, 0.3) is 0 Å². The van der Waals surface area contributed by atoms with Crippen LogP contribution < -0.4 is 9.47 Å². The molecular weight excluding hydrogens is 297 g/mol. The standard InChI is InChI=1S/C18H18FNO3/c1-11-4-5-12(8-14(11)19)9-20-10-13-6-7-15(22-2)17(23-3)16(13)18(20)21/h4-8H,9-10H2,1-3H3. The van der Waals surface area contributed by atoms with Gasteiger partial charge in [-0.3, -0.25) is 4.79 Å². The van der Waals surface area contributed by atoms with Crippen LogP contribution in [0.4, 0.5) is 4.39 Å². The Labute approximate surface area is 134 Å². The Morgan fingerprint density at radius 1 is 1.17 bits per heavy atom. The van der Waals surface area contributed by atoms with Crippen LogP contribution in [0.1, 0.15) is 27.0 Å². The van der Waals surface area contributed by atoms with Crippen molar-refractivity contribution in [1.82, 2.24) is 4.90 Å². The number of rotatable bonds is 4. The molecule has 0 N–H and O–H groups in total. The Morgan fingerprint density at radius 3 is 2.61 bits per heavy atom. The molecule has 2 aromatic rings. The van der Waals surface area contributed by atoms with Crippen molar-refractivity contribution in [3.8, 4) is 11.5 Å². The molecule has 0 unspecified atom stereocenters. The van der Waals surface area contributed by atoms with Gasteiger partial charge in [-0.05, 0) is 35.7 Å². The average Bonchev–Trinajstić information content (AvgIpc) is 2.86. The minimum atomic E-state index is -0.258. The molecule has 120 valence electrons. The zero-order valence-corrected chi connectivity index (χ0v) is 13.4. The minimum Gasteiger partial charge on any atom is -0.493 e. The molecule has 0 radical (unpaired) electrons. The number of ether oxygens (including phenoxy) is 2. The van der Waals surface area contributed by atoms with E-state index in [0.29, 0.717) is 35.7 Å². The topological polar surface area (TPSA) is 38.8 Å². The van der Waals surface area contributed by atoms with Crippen LogP contribution in [0, 0.1) is 12.7 Å². The van der Waals surface area contributed by atoms with Gasteiger partial charge in [0.05, 0.1) is 19.8 Å². The van der Waals surface area contributed by atoms with Crippen molar-refractivity contribution in [3.63, 3.8) is 0 Å². The third-order valence-corrected chi connectivity index (χ3v) is 4.10. The molecule has 2 aromatic carbocycles. The largest absolute Gasteiger partial charge is 0.493 e. The van der Waals surface area contributed by atoms with E-state index in [2.05, 4.69) is 0 Å². The van der Waals surface area contributed by atoms with E-state index in [1.807, 2.05) is 12.1 Å². The zero-order chi connectivity index (χ0) is 16.6. The number of fused-ring (bicyclic) bond motifs is 1. The molecule has 4 nitrogen and oxygen atoms in total. The van der Waals surface area contributed by atoms with Gasteiger partial charge in [0.2, 0.25) is 0 Å². The number of nitrogens with zero attached hydrogens (tertiary/aromatic N) is 1. The predicted octanol–water partition coefficient (Wildman–Crippen LogP) is 3.31. The van der Waals surface area contributed by atoms with Crippen molar-refractivity contribution in [2.75, 3.05) is 14.2 Å². The number of aryl methyl sites for hydroxylation is 1. The summed E-state index contributed by atoms with van der Waals surface area (Å²) in [6.07, 6.45) is 0. The summed E-state index contributed by atoms with van der Waals surface area (Å²) >= 11 is 0. The first-order valence-corrected chi connectivity index (χ1v) is 7.33. The first-order valence-electron chi connectivity index (χ1n) is 7.33. The van der Waals surface area contributed by atoms with Crippen LogP contribution in [-0.2, 0) is 13.1 Å². The van der Waals surface area contributed by atoms with E-state index < -0.39 is 0 Å². The second-order valence-electron chi connectivity index (χ2n) is 5.58. The number of amides is 1. The van der Waals surface area contributed by atoms with E-state index in [1.54, 1.807) is 24.0 Å². The van der Waals surface area contributed by atoms with E-state index in [0.717, 1.165) is 11.1 Å². The molecule has 1 amide bonds. The summed E-state index contributed by atoms with van der Waals surface area (Å²) in [6, 6.07) is 8.70. The third-order valence-electron chi connectivity index (χ3n) is 4.10. The van der Waals surface area contributed by atoms with Gasteiger partial charge in [-0.15, -0.1) is 0 Å². The molecule has 0 aliphatic carbocycles. The lowest BCUT2D eigenvalue weighted by Crippen LogP contribution is -2.23. The van der Waals surface area contributed by atoms with E-state index in [-0.39, 0.29) is 11.7 Å². The Kier molecular flexibility index (Phi) is 3.94. The molecule has 0 spiro atoms. The Balaban J connectivity index is 1.90. The number of benzene rings is 2. The lowest BCUT2D eigenvalue weighted by Gasteiger charge is -2.16. The summed E-state index contributed by atoms with van der Waals surface area (Å²) in [5.74, 6) is 0.595. The highest BCUT2D eigenvalue weighted by Crippen LogP contribution is 2.38. The lowest BCUT2D eigenvalue weighted by molar-refractivity contribution is 0.0763. The normalized spacial score (nSPS) is 13.2. The molecule has 0 fully saturated rings. The second kappa shape index (κ2) is 5.91. The number of carbonyl (C=O) groups excluding carboxylic acids is 1. The van der Waals surface area contributed by atoms with Gasteiger partial charge in [0.1, 0.15) is 5.82 Å². The molecule has 1 aliphatic heterocycles. The van der Waals surface area contributed by atoms with Gasteiger partial charge >= 0.3 is 0 Å². The van der Waals surface area contributed by atoms with Gasteiger partial charge in [-0.25, -0.2) is 4.39 Å². The summed E-state index contributed by atoms with van der Waals surface area (Å²) in [4.78, 5) is 14.4. The van der Waals surface area contributed by atoms with Gasteiger partial charge in [0.25, 0.3) is 5.91 Å². The molecule has 0 saturated heterocycles. The third kappa shape index (κ3) is 2.63. The molecular formula is C18H18FNO3. The molecule has 0 aromatic heterocycles. The minimum absolute atomic E-state index is 0.128. The predicted molar refractivity (Wildman–Crippen MR) is 84.3 cm³/mol. The lowest BCUT2D eigenvalue weighted by atomic mass is 10.1. The molecule has 5 heteroatoms. The maximum atomic E-state index is 13.7. The van der Waals surface area contributed by atoms with E-state index in [1.165, 1.54) is 20.3 Å². The SMILES string of the molecule is COc1ccc2c(c1OC)C(=O)N(Cc1ccc(C)c(F)c1)C2. The Morgan fingerprint density at radius 2 is 1.96 bits per heavy atom. The van der Waals surface area contributed by atoms with Gasteiger partial charge in [-0.1, -0.05) is 18.2 Å². The van der Waals surface area contributed by atoms with Gasteiger partial charge in [-0.2, -0.15) is 0 Å². The average molecular weight is 315 g/mol. The Hall–Kier alpha value is -2.56. The van der Waals surface area contributed by atoms with Crippen molar-refractivity contribution in [2.45, 2.75) is 20.0 Å². The zero-order valence-electron chi connectivity index (χ0n) is 13.4. The van der Waals surface area contributed by atoms with E-state index in [9.17, 15) is 9.18 Å². The summed E-state index contributed by atoms with van der Waals surface area (Å²) in [6.45, 7) is 2.55. The van der Waals surface area contributed by atoms with E-state index in [4.69, 9.17) is 9.47 Å². The molecule has 0 atom stereocenters. The van der Waals surface area contributed by atoms with Crippen LogP contribution in [0.2, 0.25) is 0 Å². The first-order chi connectivity index (χ1) is 11.0. The quantitative estimate of drug-likeness (QED) is 0.869. The summed E-state index contributed by atoms with van der Waals surface area (Å²) in [7, 11) is 3.06. The number of hydrogen-bond donors (Lipinski definition) is 0. The Bertz CT molecular complexity index is 773. The van der Waals surface area contributed by atoms with E-state index >= 15 is 0 Å². The van der Waals surface area contributed by atoms with Crippen molar-refractivity contribution < 1.29 is 18.7 Å². The summed E-state index contributed by atoms with van der Waals surface area (Å²) in [5.41, 5.74) is 2.77. The maximum Gasteiger partial charge on any atom is 0.258 e. The molecule has 3 rings (SSSR count). The molecule has 1 aliphatic rings. The molecule has 23 heavy (non-hydrogen) atoms. The second-order valence-corrected chi connectivity index (χ2v) is 5.58. The molecule has 0 saturated carbocycles. The number of halogens is 1. The number of methoxy groups -OCH3 is 2. The van der Waals surface area contributed by atoms with Crippen molar-refractivity contribution in [1.29, 1.82) is 0 Å². The highest BCUT2D eigenvalue weighted by Gasteiger charge is 2.32. The number of carbonyl (C=O) groups is 1. The van der Waals surface area contributed by atoms with Crippen molar-refractivity contribution in [3.05, 3.63) is 58.4 Å². The highest BCUT2D eigenvalue weighted by atomic mass is 19.1. The molecule has 0 bridgehead atoms. The fourth-order valence-electron chi connectivity index (χ4n) is 2.85. The fourth-order valence-corrected chi connectivity index (χ4v) is 2.85. The maximum absolute atomic E-state index is 13.7. The first kappa shape index (κ1) is 15.3. The fraction of sp³-hybridized carbons (Fsp3) is 0.278. The van der Waals surface area contributed by atoms with Gasteiger partial charge < -0.3 is 14.4 Å². The summed E-state index contributed by atoms with van der Waals surface area (Å²) < 4.78 is 24.3. The van der Waals surface area contributed by atoms with Gasteiger partial charge in [0.15, 0.2) is 11.5 Å². The van der Waals surface area contributed by atoms with Gasteiger partial charge in [0, 0.05) is 13.1 Å². The van der Waals surface area contributed by atoms with Crippen LogP contribution in [0.5, 0.6) is 11.5 Å². The molecule has 1 heterocycles. The van der Waals surface area contributed by atoms with Crippen LogP contribution in [0.3, 0.4) is 0 Å². The number of hydrogen-bond acceptors (Lipinski definition) is 3. The van der Waals surface area contributed by atoms with Crippen LogP contribution >= 0.6 is 0 Å². The monoisotopic (exact) mass is 315 g/mol. The van der Waals surface area contributed by atoms with Crippen molar-refractivity contribution in [2.24, 2.45) is 0 Å². The highest BCUT2D eigenvalue weighted by molar-refractivity contribution is 6.01. The van der Waals surface area contributed by atoms with Crippen molar-refractivity contribution >= 4 is 5.91 Å². The van der Waals surface area contributed by atoms with Crippen LogP contribution in [-0.4, -0.2) is 25.0 Å².